The fourth-order valence-electron chi connectivity index (χ4n) is 1.61. The molecule has 2 rings (SSSR count). The fourth-order valence-corrected chi connectivity index (χ4v) is 2.53. The van der Waals surface area contributed by atoms with Crippen LogP contribution in [0, 0.1) is 13.8 Å². The van der Waals surface area contributed by atoms with Crippen molar-refractivity contribution in [2.24, 2.45) is 7.05 Å². The zero-order chi connectivity index (χ0) is 12.4. The Bertz CT molecular complexity index is 578. The Morgan fingerprint density at radius 3 is 2.76 bits per heavy atom. The number of hydrogen-bond donors (Lipinski definition) is 0. The number of thiophene rings is 1. The number of allylic oxidation sites excluding steroid dienone is 1. The summed E-state index contributed by atoms with van der Waals surface area (Å²) >= 11 is 1.74. The standard InChI is InChI=1S/C13H14N2OS/c1-9-8-11(10(2)17-9)4-5-13(16)12-6-7-15(3)14-12/h4-8H,1-3H3/b5-4+. The Morgan fingerprint density at radius 1 is 1.47 bits per heavy atom. The molecule has 2 aromatic heterocycles. The van der Waals surface area contributed by atoms with Gasteiger partial charge in [0.15, 0.2) is 0 Å². The van der Waals surface area contributed by atoms with Crippen molar-refractivity contribution in [3.63, 3.8) is 0 Å². The van der Waals surface area contributed by atoms with Gasteiger partial charge >= 0.3 is 0 Å². The van der Waals surface area contributed by atoms with Crippen molar-refractivity contribution < 1.29 is 4.79 Å². The third-order valence-electron chi connectivity index (χ3n) is 2.46. The molecule has 0 bridgehead atoms. The van der Waals surface area contributed by atoms with Gasteiger partial charge in [0.05, 0.1) is 0 Å². The van der Waals surface area contributed by atoms with Crippen LogP contribution in [-0.2, 0) is 7.05 Å². The van der Waals surface area contributed by atoms with Crippen LogP contribution in [0.15, 0.2) is 24.4 Å². The van der Waals surface area contributed by atoms with Crippen molar-refractivity contribution in [2.75, 3.05) is 0 Å². The molecule has 0 atom stereocenters. The van der Waals surface area contributed by atoms with E-state index in [4.69, 9.17) is 0 Å². The van der Waals surface area contributed by atoms with E-state index in [2.05, 4.69) is 25.0 Å². The van der Waals surface area contributed by atoms with Gasteiger partial charge in [-0.2, -0.15) is 5.10 Å². The molecule has 0 aromatic carbocycles. The Morgan fingerprint density at radius 2 is 2.24 bits per heavy atom. The van der Waals surface area contributed by atoms with E-state index < -0.39 is 0 Å². The Hall–Kier alpha value is -1.68. The first kappa shape index (κ1) is 11.8. The highest BCUT2D eigenvalue weighted by Crippen LogP contribution is 2.21. The van der Waals surface area contributed by atoms with Gasteiger partial charge in [-0.1, -0.05) is 0 Å². The Balaban J connectivity index is 2.16. The average molecular weight is 246 g/mol. The van der Waals surface area contributed by atoms with E-state index in [0.29, 0.717) is 5.69 Å². The number of nitrogens with zero attached hydrogens (tertiary/aromatic N) is 2. The van der Waals surface area contributed by atoms with Gasteiger partial charge in [0, 0.05) is 23.0 Å². The van der Waals surface area contributed by atoms with E-state index in [1.807, 2.05) is 6.08 Å². The number of aromatic nitrogens is 2. The molecule has 0 N–H and O–H groups in total. The van der Waals surface area contributed by atoms with Gasteiger partial charge in [-0.15, -0.1) is 11.3 Å². The second kappa shape index (κ2) is 4.67. The highest BCUT2D eigenvalue weighted by atomic mass is 32.1. The van der Waals surface area contributed by atoms with Crippen LogP contribution >= 0.6 is 11.3 Å². The third-order valence-corrected chi connectivity index (χ3v) is 3.44. The first-order chi connectivity index (χ1) is 8.06. The van der Waals surface area contributed by atoms with Crippen LogP contribution < -0.4 is 0 Å². The van der Waals surface area contributed by atoms with Crippen LogP contribution in [0.25, 0.3) is 6.08 Å². The lowest BCUT2D eigenvalue weighted by molar-refractivity contribution is 0.104. The van der Waals surface area contributed by atoms with Crippen molar-refractivity contribution in [3.05, 3.63) is 45.4 Å². The fraction of sp³-hybridized carbons (Fsp3) is 0.231. The van der Waals surface area contributed by atoms with Gasteiger partial charge in [0.2, 0.25) is 5.78 Å². The molecular formula is C13H14N2OS. The predicted molar refractivity (Wildman–Crippen MR) is 70.4 cm³/mol. The maximum Gasteiger partial charge on any atom is 0.206 e. The summed E-state index contributed by atoms with van der Waals surface area (Å²) in [6, 6.07) is 3.81. The molecular weight excluding hydrogens is 232 g/mol. The van der Waals surface area contributed by atoms with Gasteiger partial charge in [-0.3, -0.25) is 9.48 Å². The van der Waals surface area contributed by atoms with E-state index in [1.165, 1.54) is 9.75 Å². The highest BCUT2D eigenvalue weighted by molar-refractivity contribution is 7.12. The lowest BCUT2D eigenvalue weighted by atomic mass is 10.2. The zero-order valence-electron chi connectivity index (χ0n) is 10.1. The molecule has 0 aliphatic carbocycles. The van der Waals surface area contributed by atoms with E-state index in [1.54, 1.807) is 41.4 Å². The van der Waals surface area contributed by atoms with Crippen molar-refractivity contribution in [3.8, 4) is 0 Å². The molecule has 0 saturated carbocycles. The number of carbonyl (C=O) groups excluding carboxylic acids is 1. The van der Waals surface area contributed by atoms with E-state index in [9.17, 15) is 4.79 Å². The van der Waals surface area contributed by atoms with Crippen LogP contribution in [0.4, 0.5) is 0 Å². The van der Waals surface area contributed by atoms with E-state index in [0.717, 1.165) is 5.56 Å². The maximum absolute atomic E-state index is 11.8. The minimum atomic E-state index is -0.0612. The SMILES string of the molecule is Cc1cc(/C=C/C(=O)c2ccn(C)n2)c(C)s1. The van der Waals surface area contributed by atoms with E-state index >= 15 is 0 Å². The molecule has 0 aliphatic heterocycles. The zero-order valence-corrected chi connectivity index (χ0v) is 10.9. The number of hydrogen-bond acceptors (Lipinski definition) is 3. The molecule has 4 heteroatoms. The summed E-state index contributed by atoms with van der Waals surface area (Å²) in [4.78, 5) is 14.3. The maximum atomic E-state index is 11.8. The lowest BCUT2D eigenvalue weighted by Gasteiger charge is -1.90. The molecule has 17 heavy (non-hydrogen) atoms. The number of rotatable bonds is 3. The number of ketones is 1. The van der Waals surface area contributed by atoms with E-state index in [-0.39, 0.29) is 5.78 Å². The summed E-state index contributed by atoms with van der Waals surface area (Å²) in [5.74, 6) is -0.0612. The van der Waals surface area contributed by atoms with Crippen LogP contribution in [0.1, 0.15) is 25.8 Å². The van der Waals surface area contributed by atoms with Gasteiger partial charge in [-0.25, -0.2) is 0 Å². The lowest BCUT2D eigenvalue weighted by Crippen LogP contribution is -1.97. The monoisotopic (exact) mass is 246 g/mol. The molecule has 88 valence electrons. The summed E-state index contributed by atoms with van der Waals surface area (Å²) in [5, 5.41) is 4.07. The largest absolute Gasteiger partial charge is 0.287 e. The second-order valence-electron chi connectivity index (χ2n) is 3.94. The molecule has 3 nitrogen and oxygen atoms in total. The first-order valence-electron chi connectivity index (χ1n) is 5.35. The average Bonchev–Trinajstić information content (AvgIpc) is 2.82. The van der Waals surface area contributed by atoms with Crippen molar-refractivity contribution in [2.45, 2.75) is 13.8 Å². The number of carbonyl (C=O) groups is 1. The Kier molecular flexibility index (Phi) is 3.24. The summed E-state index contributed by atoms with van der Waals surface area (Å²) < 4.78 is 1.63. The topological polar surface area (TPSA) is 34.9 Å². The van der Waals surface area contributed by atoms with Crippen molar-refractivity contribution in [1.82, 2.24) is 9.78 Å². The van der Waals surface area contributed by atoms with Gasteiger partial charge in [-0.05, 0) is 43.7 Å². The molecule has 0 amide bonds. The minimum absolute atomic E-state index is 0.0612. The Labute approximate surface area is 104 Å². The third kappa shape index (κ3) is 2.71. The molecule has 2 heterocycles. The highest BCUT2D eigenvalue weighted by Gasteiger charge is 2.05. The summed E-state index contributed by atoms with van der Waals surface area (Å²) in [7, 11) is 1.80. The molecule has 2 aromatic rings. The van der Waals surface area contributed by atoms with Crippen LogP contribution in [0.5, 0.6) is 0 Å². The molecule has 0 fully saturated rings. The molecule has 0 radical (unpaired) electrons. The summed E-state index contributed by atoms with van der Waals surface area (Å²) in [6.07, 6.45) is 5.20. The quantitative estimate of drug-likeness (QED) is 0.616. The number of aryl methyl sites for hydroxylation is 3. The normalized spacial score (nSPS) is 11.2. The van der Waals surface area contributed by atoms with Crippen LogP contribution in [0.2, 0.25) is 0 Å². The molecule has 0 aliphatic rings. The van der Waals surface area contributed by atoms with Crippen molar-refractivity contribution in [1.29, 1.82) is 0 Å². The van der Waals surface area contributed by atoms with Gasteiger partial charge in [0.1, 0.15) is 5.69 Å². The second-order valence-corrected chi connectivity index (χ2v) is 5.40. The predicted octanol–water partition coefficient (Wildman–Crippen LogP) is 2.99. The van der Waals surface area contributed by atoms with Gasteiger partial charge in [0.25, 0.3) is 0 Å². The summed E-state index contributed by atoms with van der Waals surface area (Å²) in [5.41, 5.74) is 1.59. The summed E-state index contributed by atoms with van der Waals surface area (Å²) in [6.45, 7) is 4.12. The van der Waals surface area contributed by atoms with Gasteiger partial charge < -0.3 is 0 Å². The molecule has 0 unspecified atom stereocenters. The van der Waals surface area contributed by atoms with Crippen LogP contribution in [0.3, 0.4) is 0 Å². The van der Waals surface area contributed by atoms with Crippen LogP contribution in [-0.4, -0.2) is 15.6 Å². The molecule has 0 spiro atoms. The minimum Gasteiger partial charge on any atom is -0.287 e. The first-order valence-corrected chi connectivity index (χ1v) is 6.17. The smallest absolute Gasteiger partial charge is 0.206 e. The molecule has 0 saturated heterocycles. The van der Waals surface area contributed by atoms with Crippen molar-refractivity contribution >= 4 is 23.2 Å².